The average Bonchev–Trinajstić information content (AvgIpc) is 2.50. The van der Waals surface area contributed by atoms with E-state index in [0.717, 1.165) is 5.56 Å². The Bertz CT molecular complexity index is 606. The van der Waals surface area contributed by atoms with Crippen molar-refractivity contribution >= 4 is 17.8 Å². The Balaban J connectivity index is 2.39. The van der Waals surface area contributed by atoms with Crippen molar-refractivity contribution in [1.82, 2.24) is 15.5 Å². The van der Waals surface area contributed by atoms with E-state index in [2.05, 4.69) is 15.4 Å². The van der Waals surface area contributed by atoms with Crippen LogP contribution in [0, 0.1) is 0 Å². The third kappa shape index (κ3) is 8.30. The van der Waals surface area contributed by atoms with Gasteiger partial charge in [-0.15, -0.1) is 0 Å². The van der Waals surface area contributed by atoms with Gasteiger partial charge in [-0.3, -0.25) is 14.5 Å². The molecule has 0 saturated carbocycles. The van der Waals surface area contributed by atoms with Crippen LogP contribution >= 0.6 is 0 Å². The molecule has 0 fully saturated rings. The Kier molecular flexibility index (Phi) is 7.57. The molecule has 0 aliphatic carbocycles. The number of hydrogen-bond acceptors (Lipinski definition) is 5. The third-order valence-corrected chi connectivity index (χ3v) is 3.21. The van der Waals surface area contributed by atoms with Crippen LogP contribution < -0.4 is 10.6 Å². The number of ether oxygens (including phenoxy) is 1. The van der Waals surface area contributed by atoms with Gasteiger partial charge in [-0.1, -0.05) is 12.1 Å². The topological polar surface area (TPSA) is 87.7 Å². The van der Waals surface area contributed by atoms with Crippen molar-refractivity contribution in [2.45, 2.75) is 32.9 Å². The number of benzene rings is 1. The van der Waals surface area contributed by atoms with Gasteiger partial charge in [0.2, 0.25) is 11.8 Å². The lowest BCUT2D eigenvalue weighted by atomic mass is 10.1. The molecule has 7 nitrogen and oxygen atoms in total. The van der Waals surface area contributed by atoms with Gasteiger partial charge < -0.3 is 15.4 Å². The standard InChI is InChI=1S/C18H27N3O4/c1-18(2,3)20-16(23)12-21(4)11-15(22)19-10-13-6-8-14(9-7-13)17(24)25-5/h6-9H,10-12H2,1-5H3,(H,19,22)(H,20,23). The van der Waals surface area contributed by atoms with E-state index in [0.29, 0.717) is 12.1 Å². The molecule has 0 heterocycles. The Morgan fingerprint density at radius 2 is 1.60 bits per heavy atom. The van der Waals surface area contributed by atoms with Crippen molar-refractivity contribution in [2.75, 3.05) is 27.2 Å². The molecule has 25 heavy (non-hydrogen) atoms. The minimum Gasteiger partial charge on any atom is -0.465 e. The van der Waals surface area contributed by atoms with E-state index in [1.807, 2.05) is 20.8 Å². The van der Waals surface area contributed by atoms with Crippen LogP contribution in [0.2, 0.25) is 0 Å². The zero-order valence-electron chi connectivity index (χ0n) is 15.5. The number of esters is 1. The Hall–Kier alpha value is -2.41. The van der Waals surface area contributed by atoms with E-state index in [9.17, 15) is 14.4 Å². The first-order valence-corrected chi connectivity index (χ1v) is 8.04. The van der Waals surface area contributed by atoms with Crippen molar-refractivity contribution in [1.29, 1.82) is 0 Å². The monoisotopic (exact) mass is 349 g/mol. The normalized spacial score (nSPS) is 11.1. The Morgan fingerprint density at radius 3 is 2.12 bits per heavy atom. The molecule has 2 amide bonds. The van der Waals surface area contributed by atoms with Gasteiger partial charge in [-0.05, 0) is 45.5 Å². The number of nitrogens with zero attached hydrogens (tertiary/aromatic N) is 1. The highest BCUT2D eigenvalue weighted by molar-refractivity contribution is 5.89. The van der Waals surface area contributed by atoms with Gasteiger partial charge in [0.15, 0.2) is 0 Å². The van der Waals surface area contributed by atoms with E-state index >= 15 is 0 Å². The predicted octanol–water partition coefficient (Wildman–Crippen LogP) is 0.936. The van der Waals surface area contributed by atoms with Crippen molar-refractivity contribution in [3.05, 3.63) is 35.4 Å². The molecular weight excluding hydrogens is 322 g/mol. The average molecular weight is 349 g/mol. The highest BCUT2D eigenvalue weighted by Gasteiger charge is 2.16. The number of carbonyl (C=O) groups excluding carboxylic acids is 3. The second kappa shape index (κ2) is 9.17. The van der Waals surface area contributed by atoms with Gasteiger partial charge in [0.05, 0.1) is 25.8 Å². The van der Waals surface area contributed by atoms with E-state index in [-0.39, 0.29) is 30.4 Å². The molecule has 0 atom stereocenters. The Morgan fingerprint density at radius 1 is 1.04 bits per heavy atom. The molecule has 7 heteroatoms. The zero-order chi connectivity index (χ0) is 19.0. The highest BCUT2D eigenvalue weighted by atomic mass is 16.5. The fraction of sp³-hybridized carbons (Fsp3) is 0.500. The summed E-state index contributed by atoms with van der Waals surface area (Å²) in [5.74, 6) is -0.699. The highest BCUT2D eigenvalue weighted by Crippen LogP contribution is 2.05. The number of carbonyl (C=O) groups is 3. The van der Waals surface area contributed by atoms with E-state index in [1.54, 1.807) is 36.2 Å². The van der Waals surface area contributed by atoms with E-state index in [4.69, 9.17) is 0 Å². The van der Waals surface area contributed by atoms with Crippen LogP contribution in [0.3, 0.4) is 0 Å². The first kappa shape index (κ1) is 20.6. The van der Waals surface area contributed by atoms with Crippen LogP contribution in [0.5, 0.6) is 0 Å². The largest absolute Gasteiger partial charge is 0.465 e. The summed E-state index contributed by atoms with van der Waals surface area (Å²) in [6, 6.07) is 6.81. The number of amides is 2. The van der Waals surface area contributed by atoms with Gasteiger partial charge in [0.25, 0.3) is 0 Å². The van der Waals surface area contributed by atoms with E-state index < -0.39 is 5.97 Å². The lowest BCUT2D eigenvalue weighted by Gasteiger charge is -2.23. The maximum atomic E-state index is 12.0. The van der Waals surface area contributed by atoms with Gasteiger partial charge in [0, 0.05) is 12.1 Å². The second-order valence-electron chi connectivity index (χ2n) is 6.94. The fourth-order valence-electron chi connectivity index (χ4n) is 2.14. The smallest absolute Gasteiger partial charge is 0.337 e. The summed E-state index contributed by atoms with van der Waals surface area (Å²) < 4.78 is 4.63. The predicted molar refractivity (Wildman–Crippen MR) is 95.0 cm³/mol. The lowest BCUT2D eigenvalue weighted by Crippen LogP contribution is -2.46. The first-order chi connectivity index (χ1) is 11.6. The summed E-state index contributed by atoms with van der Waals surface area (Å²) in [6.45, 7) is 6.34. The van der Waals surface area contributed by atoms with Crippen molar-refractivity contribution in [3.63, 3.8) is 0 Å². The number of methoxy groups -OCH3 is 1. The van der Waals surface area contributed by atoms with Gasteiger partial charge in [-0.25, -0.2) is 4.79 Å². The molecule has 0 bridgehead atoms. The lowest BCUT2D eigenvalue weighted by molar-refractivity contribution is -0.125. The van der Waals surface area contributed by atoms with Crippen molar-refractivity contribution in [2.24, 2.45) is 0 Å². The molecular formula is C18H27N3O4. The quantitative estimate of drug-likeness (QED) is 0.715. The minimum atomic E-state index is -0.397. The van der Waals surface area contributed by atoms with Gasteiger partial charge >= 0.3 is 5.97 Å². The maximum absolute atomic E-state index is 12.0. The summed E-state index contributed by atoms with van der Waals surface area (Å²) in [6.07, 6.45) is 0. The van der Waals surface area contributed by atoms with E-state index in [1.165, 1.54) is 7.11 Å². The van der Waals surface area contributed by atoms with Crippen molar-refractivity contribution in [3.8, 4) is 0 Å². The summed E-state index contributed by atoms with van der Waals surface area (Å²) in [5, 5.41) is 5.64. The molecule has 0 aliphatic heterocycles. The molecule has 0 spiro atoms. The summed E-state index contributed by atoms with van der Waals surface area (Å²) in [4.78, 5) is 36.8. The molecule has 0 saturated heterocycles. The molecule has 2 N–H and O–H groups in total. The van der Waals surface area contributed by atoms with Crippen LogP contribution in [-0.2, 0) is 20.9 Å². The number of rotatable bonds is 7. The third-order valence-electron chi connectivity index (χ3n) is 3.21. The second-order valence-corrected chi connectivity index (χ2v) is 6.94. The zero-order valence-corrected chi connectivity index (χ0v) is 15.5. The van der Waals surface area contributed by atoms with Crippen molar-refractivity contribution < 1.29 is 19.1 Å². The van der Waals surface area contributed by atoms with Crippen LogP contribution in [0.15, 0.2) is 24.3 Å². The fourth-order valence-corrected chi connectivity index (χ4v) is 2.14. The maximum Gasteiger partial charge on any atom is 0.337 e. The molecule has 0 aliphatic rings. The number of likely N-dealkylation sites (N-methyl/N-ethyl adjacent to an activating group) is 1. The van der Waals surface area contributed by atoms with Gasteiger partial charge in [-0.2, -0.15) is 0 Å². The SMILES string of the molecule is COC(=O)c1ccc(CNC(=O)CN(C)CC(=O)NC(C)(C)C)cc1. The molecule has 0 unspecified atom stereocenters. The minimum absolute atomic E-state index is 0.123. The molecule has 1 aromatic carbocycles. The number of nitrogens with one attached hydrogen (secondary N) is 2. The summed E-state index contributed by atoms with van der Waals surface area (Å²) >= 11 is 0. The Labute approximate surface area is 148 Å². The number of hydrogen-bond donors (Lipinski definition) is 2. The molecule has 0 aromatic heterocycles. The summed E-state index contributed by atoms with van der Waals surface area (Å²) in [7, 11) is 3.04. The molecule has 0 radical (unpaired) electrons. The molecule has 138 valence electrons. The summed E-state index contributed by atoms with van der Waals surface area (Å²) in [5.41, 5.74) is 1.03. The van der Waals surface area contributed by atoms with Crippen LogP contribution in [0.4, 0.5) is 0 Å². The van der Waals surface area contributed by atoms with Gasteiger partial charge in [0.1, 0.15) is 0 Å². The van der Waals surface area contributed by atoms with Crippen LogP contribution in [0.1, 0.15) is 36.7 Å². The molecule has 1 rings (SSSR count). The van der Waals surface area contributed by atoms with Crippen LogP contribution in [-0.4, -0.2) is 55.5 Å². The molecule has 1 aromatic rings. The first-order valence-electron chi connectivity index (χ1n) is 8.04. The van der Waals surface area contributed by atoms with Crippen LogP contribution in [0.25, 0.3) is 0 Å².